The summed E-state index contributed by atoms with van der Waals surface area (Å²) in [6.45, 7) is -0.273. The number of nitrogens with two attached hydrogens (primary N) is 1. The molecule has 0 aliphatic rings. The van der Waals surface area contributed by atoms with E-state index in [1.165, 1.54) is 7.11 Å². The predicted molar refractivity (Wildman–Crippen MR) is 56.7 cm³/mol. The van der Waals surface area contributed by atoms with Crippen molar-refractivity contribution in [3.8, 4) is 11.5 Å². The number of nitrogens with one attached hydrogen (secondary N) is 1. The molecule has 0 spiro atoms. The molecule has 0 saturated carbocycles. The van der Waals surface area contributed by atoms with Gasteiger partial charge in [0, 0.05) is 0 Å². The van der Waals surface area contributed by atoms with Crippen molar-refractivity contribution in [1.29, 1.82) is 0 Å². The Morgan fingerprint density at radius 1 is 1.50 bits per heavy atom. The van der Waals surface area contributed by atoms with E-state index in [0.717, 1.165) is 0 Å². The van der Waals surface area contributed by atoms with Crippen LogP contribution in [-0.4, -0.2) is 24.7 Å². The van der Waals surface area contributed by atoms with Crippen LogP contribution in [0, 0.1) is 0 Å². The van der Waals surface area contributed by atoms with Crippen LogP contribution in [-0.2, 0) is 11.4 Å². The summed E-state index contributed by atoms with van der Waals surface area (Å²) in [6.07, 6.45) is 0. The van der Waals surface area contributed by atoms with Crippen LogP contribution >= 0.6 is 0 Å². The highest BCUT2D eigenvalue weighted by Crippen LogP contribution is 2.27. The lowest BCUT2D eigenvalue weighted by Gasteiger charge is -2.10. The number of ether oxygens (including phenoxy) is 2. The van der Waals surface area contributed by atoms with Crippen molar-refractivity contribution < 1.29 is 19.4 Å². The largest absolute Gasteiger partial charge is 0.493 e. The molecule has 0 unspecified atom stereocenters. The van der Waals surface area contributed by atoms with Crippen LogP contribution in [0.2, 0.25) is 0 Å². The zero-order chi connectivity index (χ0) is 12.0. The zero-order valence-corrected chi connectivity index (χ0v) is 8.90. The summed E-state index contributed by atoms with van der Waals surface area (Å²) in [5.41, 5.74) is 2.65. The number of hydrogen-bond donors (Lipinski definition) is 3. The van der Waals surface area contributed by atoms with Gasteiger partial charge in [0.25, 0.3) is 5.91 Å². The fourth-order valence-electron chi connectivity index (χ4n) is 1.11. The smallest absolute Gasteiger partial charge is 0.271 e. The van der Waals surface area contributed by atoms with E-state index >= 15 is 0 Å². The van der Waals surface area contributed by atoms with Crippen molar-refractivity contribution in [1.82, 2.24) is 5.43 Å². The molecule has 0 atom stereocenters. The highest BCUT2D eigenvalue weighted by molar-refractivity contribution is 5.76. The Morgan fingerprint density at radius 2 is 2.25 bits per heavy atom. The molecule has 0 radical (unpaired) electrons. The Labute approximate surface area is 92.9 Å². The molecule has 6 nitrogen and oxygen atoms in total. The second kappa shape index (κ2) is 5.94. The first kappa shape index (κ1) is 12.3. The van der Waals surface area contributed by atoms with Crippen molar-refractivity contribution in [2.45, 2.75) is 6.61 Å². The summed E-state index contributed by atoms with van der Waals surface area (Å²) < 4.78 is 10.2. The summed E-state index contributed by atoms with van der Waals surface area (Å²) in [5, 5.41) is 8.93. The average Bonchev–Trinajstić information content (AvgIpc) is 2.35. The quantitative estimate of drug-likeness (QED) is 0.359. The van der Waals surface area contributed by atoms with Gasteiger partial charge >= 0.3 is 0 Å². The van der Waals surface area contributed by atoms with Crippen molar-refractivity contribution in [3.05, 3.63) is 23.8 Å². The molecule has 1 amide bonds. The summed E-state index contributed by atoms with van der Waals surface area (Å²) in [5.74, 6) is 5.35. The molecule has 1 aromatic carbocycles. The number of hydrazine groups is 1. The predicted octanol–water partition coefficient (Wildman–Crippen LogP) is -0.444. The highest BCUT2D eigenvalue weighted by Gasteiger charge is 2.07. The Kier molecular flexibility index (Phi) is 4.56. The number of aliphatic hydroxyl groups is 1. The molecule has 0 bridgehead atoms. The third-order valence-electron chi connectivity index (χ3n) is 1.93. The van der Waals surface area contributed by atoms with Gasteiger partial charge in [-0.15, -0.1) is 0 Å². The van der Waals surface area contributed by atoms with Gasteiger partial charge in [-0.1, -0.05) is 6.07 Å². The van der Waals surface area contributed by atoms with Crippen LogP contribution in [0.25, 0.3) is 0 Å². The molecule has 0 aliphatic heterocycles. The number of carbonyl (C=O) groups excluding carboxylic acids is 1. The maximum Gasteiger partial charge on any atom is 0.271 e. The number of carbonyl (C=O) groups is 1. The number of methoxy groups -OCH3 is 1. The molecular formula is C10H14N2O4. The maximum absolute atomic E-state index is 10.9. The molecule has 0 aliphatic carbocycles. The molecule has 0 heterocycles. The van der Waals surface area contributed by atoms with Gasteiger partial charge in [0.2, 0.25) is 0 Å². The number of aliphatic hydroxyl groups excluding tert-OH is 1. The molecule has 0 saturated heterocycles. The number of benzene rings is 1. The average molecular weight is 226 g/mol. The van der Waals surface area contributed by atoms with Gasteiger partial charge in [-0.3, -0.25) is 10.2 Å². The normalized spacial score (nSPS) is 9.69. The lowest BCUT2D eigenvalue weighted by Crippen LogP contribution is -2.34. The lowest BCUT2D eigenvalue weighted by atomic mass is 10.2. The van der Waals surface area contributed by atoms with E-state index < -0.39 is 5.91 Å². The van der Waals surface area contributed by atoms with Gasteiger partial charge in [0.1, 0.15) is 0 Å². The summed E-state index contributed by atoms with van der Waals surface area (Å²) in [7, 11) is 1.48. The van der Waals surface area contributed by atoms with Gasteiger partial charge in [0.15, 0.2) is 18.1 Å². The van der Waals surface area contributed by atoms with Crippen molar-refractivity contribution in [2.24, 2.45) is 5.84 Å². The third kappa shape index (κ3) is 3.11. The molecule has 4 N–H and O–H groups in total. The van der Waals surface area contributed by atoms with Crippen LogP contribution in [0.5, 0.6) is 11.5 Å². The van der Waals surface area contributed by atoms with Gasteiger partial charge in [0.05, 0.1) is 13.7 Å². The third-order valence-corrected chi connectivity index (χ3v) is 1.93. The van der Waals surface area contributed by atoms with Crippen LogP contribution in [0.3, 0.4) is 0 Å². The summed E-state index contributed by atoms with van der Waals surface area (Å²) in [6, 6.07) is 4.93. The summed E-state index contributed by atoms with van der Waals surface area (Å²) in [4.78, 5) is 10.9. The molecular weight excluding hydrogens is 212 g/mol. The topological polar surface area (TPSA) is 93.8 Å². The van der Waals surface area contributed by atoms with E-state index in [1.54, 1.807) is 18.2 Å². The van der Waals surface area contributed by atoms with E-state index in [1.807, 2.05) is 5.43 Å². The minimum absolute atomic E-state index is 0.0834. The highest BCUT2D eigenvalue weighted by atomic mass is 16.5. The fourth-order valence-corrected chi connectivity index (χ4v) is 1.11. The second-order valence-corrected chi connectivity index (χ2v) is 3.00. The first-order valence-corrected chi connectivity index (χ1v) is 4.61. The first-order valence-electron chi connectivity index (χ1n) is 4.61. The molecule has 88 valence electrons. The SMILES string of the molecule is COc1cc(CO)ccc1OCC(=O)NN. The van der Waals surface area contributed by atoms with E-state index in [-0.39, 0.29) is 13.2 Å². The monoisotopic (exact) mass is 226 g/mol. The molecule has 1 aromatic rings. The van der Waals surface area contributed by atoms with Crippen molar-refractivity contribution in [3.63, 3.8) is 0 Å². The van der Waals surface area contributed by atoms with E-state index in [0.29, 0.717) is 17.1 Å². The Hall–Kier alpha value is -1.79. The second-order valence-electron chi connectivity index (χ2n) is 3.00. The van der Waals surface area contributed by atoms with Crippen LogP contribution in [0.4, 0.5) is 0 Å². The first-order chi connectivity index (χ1) is 7.71. The minimum atomic E-state index is -0.437. The van der Waals surface area contributed by atoms with E-state index in [2.05, 4.69) is 0 Å². The maximum atomic E-state index is 10.9. The zero-order valence-electron chi connectivity index (χ0n) is 8.90. The minimum Gasteiger partial charge on any atom is -0.493 e. The van der Waals surface area contributed by atoms with Crippen LogP contribution in [0.1, 0.15) is 5.56 Å². The van der Waals surface area contributed by atoms with Crippen LogP contribution < -0.4 is 20.7 Å². The van der Waals surface area contributed by atoms with Crippen molar-refractivity contribution >= 4 is 5.91 Å². The van der Waals surface area contributed by atoms with Gasteiger partial charge < -0.3 is 14.6 Å². The number of hydrogen-bond acceptors (Lipinski definition) is 5. The number of amides is 1. The van der Waals surface area contributed by atoms with Gasteiger partial charge in [-0.2, -0.15) is 0 Å². The number of rotatable bonds is 5. The standard InChI is InChI=1S/C10H14N2O4/c1-15-9-4-7(5-13)2-3-8(9)16-6-10(14)12-11/h2-4,13H,5-6,11H2,1H3,(H,12,14). The molecule has 0 fully saturated rings. The van der Waals surface area contributed by atoms with Crippen molar-refractivity contribution in [2.75, 3.05) is 13.7 Å². The fraction of sp³-hybridized carbons (Fsp3) is 0.300. The van der Waals surface area contributed by atoms with Crippen LogP contribution in [0.15, 0.2) is 18.2 Å². The van der Waals surface area contributed by atoms with E-state index in [9.17, 15) is 4.79 Å². The lowest BCUT2D eigenvalue weighted by molar-refractivity contribution is -0.123. The molecule has 16 heavy (non-hydrogen) atoms. The van der Waals surface area contributed by atoms with Gasteiger partial charge in [-0.25, -0.2) is 5.84 Å². The molecule has 6 heteroatoms. The van der Waals surface area contributed by atoms with Gasteiger partial charge in [-0.05, 0) is 17.7 Å². The molecule has 1 rings (SSSR count). The van der Waals surface area contributed by atoms with E-state index in [4.69, 9.17) is 20.4 Å². The summed E-state index contributed by atoms with van der Waals surface area (Å²) >= 11 is 0. The Morgan fingerprint density at radius 3 is 2.81 bits per heavy atom. The Bertz CT molecular complexity index is 368. The molecule has 0 aromatic heterocycles. The Balaban J connectivity index is 2.75.